The van der Waals surface area contributed by atoms with Crippen molar-refractivity contribution in [2.24, 2.45) is 0 Å². The quantitative estimate of drug-likeness (QED) is 0.456. The van der Waals surface area contributed by atoms with Gasteiger partial charge in [-0.3, -0.25) is 30.0 Å². The number of hydrogen-bond donors (Lipinski definition) is 3. The van der Waals surface area contributed by atoms with Crippen LogP contribution in [0.2, 0.25) is 0 Å². The Balaban J connectivity index is 1.64. The highest BCUT2D eigenvalue weighted by Crippen LogP contribution is 2.16. The normalized spacial score (nSPS) is 9.83. The second-order valence-electron chi connectivity index (χ2n) is 5.81. The van der Waals surface area contributed by atoms with E-state index in [0.717, 1.165) is 0 Å². The standard InChI is InChI=1S/C20H21N3O6/c1-28-16-9-5-8-15(12-16)21-18(25)13-29-19(26)11-10-17(24)22-23-20(27)14-6-3-2-4-7-14/h2-9,12H,10-11,13H2,1H3,(H,21,25)(H,22,24)(H,23,27). The molecule has 9 heteroatoms. The number of esters is 1. The molecule has 2 rings (SSSR count). The van der Waals surface area contributed by atoms with E-state index >= 15 is 0 Å². The molecule has 0 fully saturated rings. The van der Waals surface area contributed by atoms with Gasteiger partial charge in [0.15, 0.2) is 6.61 Å². The third-order valence-electron chi connectivity index (χ3n) is 3.63. The molecule has 3 amide bonds. The molecule has 0 saturated heterocycles. The van der Waals surface area contributed by atoms with Crippen LogP contribution in [0, 0.1) is 0 Å². The fraction of sp³-hybridized carbons (Fsp3) is 0.200. The molecule has 152 valence electrons. The van der Waals surface area contributed by atoms with E-state index in [2.05, 4.69) is 16.2 Å². The predicted octanol–water partition coefficient (Wildman–Crippen LogP) is 1.42. The largest absolute Gasteiger partial charge is 0.497 e. The van der Waals surface area contributed by atoms with Crippen LogP contribution in [-0.2, 0) is 19.1 Å². The molecular weight excluding hydrogens is 378 g/mol. The molecule has 0 heterocycles. The first-order valence-electron chi connectivity index (χ1n) is 8.71. The highest BCUT2D eigenvalue weighted by molar-refractivity contribution is 5.95. The number of nitrogens with one attached hydrogen (secondary N) is 3. The van der Waals surface area contributed by atoms with Gasteiger partial charge in [0.25, 0.3) is 11.8 Å². The third kappa shape index (κ3) is 7.71. The lowest BCUT2D eigenvalue weighted by Crippen LogP contribution is -2.41. The van der Waals surface area contributed by atoms with E-state index in [9.17, 15) is 19.2 Å². The zero-order valence-corrected chi connectivity index (χ0v) is 15.8. The van der Waals surface area contributed by atoms with E-state index < -0.39 is 30.3 Å². The maximum atomic E-state index is 11.8. The van der Waals surface area contributed by atoms with E-state index in [1.807, 2.05) is 0 Å². The number of amides is 3. The number of hydrazine groups is 1. The Morgan fingerprint density at radius 2 is 1.62 bits per heavy atom. The van der Waals surface area contributed by atoms with Crippen molar-refractivity contribution in [2.45, 2.75) is 12.8 Å². The van der Waals surface area contributed by atoms with E-state index in [1.54, 1.807) is 54.6 Å². The van der Waals surface area contributed by atoms with Gasteiger partial charge in [-0.1, -0.05) is 24.3 Å². The van der Waals surface area contributed by atoms with Crippen molar-refractivity contribution in [1.82, 2.24) is 10.9 Å². The Hall–Kier alpha value is -3.88. The van der Waals surface area contributed by atoms with Crippen LogP contribution in [0.1, 0.15) is 23.2 Å². The summed E-state index contributed by atoms with van der Waals surface area (Å²) in [4.78, 5) is 47.0. The van der Waals surface area contributed by atoms with Crippen LogP contribution in [0.3, 0.4) is 0 Å². The van der Waals surface area contributed by atoms with Gasteiger partial charge in [0.1, 0.15) is 5.75 Å². The molecular formula is C20H21N3O6. The lowest BCUT2D eigenvalue weighted by atomic mass is 10.2. The Morgan fingerprint density at radius 3 is 2.34 bits per heavy atom. The van der Waals surface area contributed by atoms with Crippen LogP contribution < -0.4 is 20.9 Å². The predicted molar refractivity (Wildman–Crippen MR) is 104 cm³/mol. The van der Waals surface area contributed by atoms with Crippen molar-refractivity contribution in [3.63, 3.8) is 0 Å². The minimum Gasteiger partial charge on any atom is -0.497 e. The first-order chi connectivity index (χ1) is 14.0. The number of carbonyl (C=O) groups excluding carboxylic acids is 4. The molecule has 0 bridgehead atoms. The maximum Gasteiger partial charge on any atom is 0.306 e. The molecule has 2 aromatic carbocycles. The third-order valence-corrected chi connectivity index (χ3v) is 3.63. The lowest BCUT2D eigenvalue weighted by Gasteiger charge is -2.08. The van der Waals surface area contributed by atoms with Crippen molar-refractivity contribution in [2.75, 3.05) is 19.0 Å². The summed E-state index contributed by atoms with van der Waals surface area (Å²) in [5.74, 6) is -1.70. The summed E-state index contributed by atoms with van der Waals surface area (Å²) in [7, 11) is 1.51. The Labute approximate surface area is 167 Å². The van der Waals surface area contributed by atoms with Crippen molar-refractivity contribution >= 4 is 29.4 Å². The van der Waals surface area contributed by atoms with Crippen LogP contribution in [0.15, 0.2) is 54.6 Å². The molecule has 3 N–H and O–H groups in total. The highest BCUT2D eigenvalue weighted by atomic mass is 16.5. The highest BCUT2D eigenvalue weighted by Gasteiger charge is 2.12. The van der Waals surface area contributed by atoms with Crippen LogP contribution in [0.5, 0.6) is 5.75 Å². The molecule has 0 aliphatic heterocycles. The van der Waals surface area contributed by atoms with Gasteiger partial charge in [0.2, 0.25) is 5.91 Å². The summed E-state index contributed by atoms with van der Waals surface area (Å²) in [5, 5.41) is 2.56. The Kier molecular flexibility index (Phi) is 8.18. The van der Waals surface area contributed by atoms with E-state index in [1.165, 1.54) is 7.11 Å². The first-order valence-corrected chi connectivity index (χ1v) is 8.71. The lowest BCUT2D eigenvalue weighted by molar-refractivity contribution is -0.148. The molecule has 2 aromatic rings. The second kappa shape index (κ2) is 11.1. The summed E-state index contributed by atoms with van der Waals surface area (Å²) >= 11 is 0. The fourth-order valence-corrected chi connectivity index (χ4v) is 2.18. The first kappa shape index (κ1) is 21.4. The summed E-state index contributed by atoms with van der Waals surface area (Å²) in [5.41, 5.74) is 5.33. The maximum absolute atomic E-state index is 11.8. The molecule has 0 spiro atoms. The van der Waals surface area contributed by atoms with Crippen molar-refractivity contribution in [3.05, 3.63) is 60.2 Å². The molecule has 9 nitrogen and oxygen atoms in total. The molecule has 0 atom stereocenters. The Morgan fingerprint density at radius 1 is 0.862 bits per heavy atom. The summed E-state index contributed by atoms with van der Waals surface area (Å²) in [6.07, 6.45) is -0.440. The monoisotopic (exact) mass is 399 g/mol. The van der Waals surface area contributed by atoms with Gasteiger partial charge in [-0.2, -0.15) is 0 Å². The molecule has 0 unspecified atom stereocenters. The summed E-state index contributed by atoms with van der Waals surface area (Å²) in [6.45, 7) is -0.484. The number of carbonyl (C=O) groups is 4. The zero-order chi connectivity index (χ0) is 21.1. The number of benzene rings is 2. The van der Waals surface area contributed by atoms with E-state index in [0.29, 0.717) is 17.0 Å². The van der Waals surface area contributed by atoms with Gasteiger partial charge in [0.05, 0.1) is 13.5 Å². The molecule has 29 heavy (non-hydrogen) atoms. The Bertz CT molecular complexity index is 870. The molecule has 0 aromatic heterocycles. The minimum absolute atomic E-state index is 0.203. The van der Waals surface area contributed by atoms with Crippen LogP contribution in [0.25, 0.3) is 0 Å². The SMILES string of the molecule is COc1cccc(NC(=O)COC(=O)CCC(=O)NNC(=O)c2ccccc2)c1. The van der Waals surface area contributed by atoms with E-state index in [4.69, 9.17) is 9.47 Å². The second-order valence-corrected chi connectivity index (χ2v) is 5.81. The molecule has 0 radical (unpaired) electrons. The van der Waals surface area contributed by atoms with Gasteiger partial charge < -0.3 is 14.8 Å². The topological polar surface area (TPSA) is 123 Å². The number of anilines is 1. The summed E-state index contributed by atoms with van der Waals surface area (Å²) < 4.78 is 9.88. The number of methoxy groups -OCH3 is 1. The van der Waals surface area contributed by atoms with Crippen molar-refractivity contribution < 1.29 is 28.7 Å². The van der Waals surface area contributed by atoms with Crippen LogP contribution in [-0.4, -0.2) is 37.4 Å². The fourth-order valence-electron chi connectivity index (χ4n) is 2.18. The number of hydrogen-bond acceptors (Lipinski definition) is 6. The molecule has 0 saturated carbocycles. The van der Waals surface area contributed by atoms with Gasteiger partial charge in [-0.05, 0) is 24.3 Å². The van der Waals surface area contributed by atoms with Crippen molar-refractivity contribution in [3.8, 4) is 5.75 Å². The van der Waals surface area contributed by atoms with Crippen LogP contribution >= 0.6 is 0 Å². The van der Waals surface area contributed by atoms with Gasteiger partial charge in [-0.25, -0.2) is 0 Å². The van der Waals surface area contributed by atoms with Gasteiger partial charge in [0, 0.05) is 23.7 Å². The average Bonchev–Trinajstić information content (AvgIpc) is 2.75. The number of ether oxygens (including phenoxy) is 2. The summed E-state index contributed by atoms with van der Waals surface area (Å²) in [6, 6.07) is 15.0. The van der Waals surface area contributed by atoms with Crippen LogP contribution in [0.4, 0.5) is 5.69 Å². The molecule has 0 aliphatic carbocycles. The smallest absolute Gasteiger partial charge is 0.306 e. The minimum atomic E-state index is -0.713. The zero-order valence-electron chi connectivity index (χ0n) is 15.8. The van der Waals surface area contributed by atoms with Crippen molar-refractivity contribution in [1.29, 1.82) is 0 Å². The van der Waals surface area contributed by atoms with Gasteiger partial charge >= 0.3 is 5.97 Å². The van der Waals surface area contributed by atoms with Gasteiger partial charge in [-0.15, -0.1) is 0 Å². The molecule has 0 aliphatic rings. The number of rotatable bonds is 8. The average molecular weight is 399 g/mol. The van der Waals surface area contributed by atoms with E-state index in [-0.39, 0.29) is 12.8 Å².